The molecule has 1 fully saturated rings. The molecule has 16 heavy (non-hydrogen) atoms. The number of nitrogens with one attached hydrogen (secondary N) is 1. The van der Waals surface area contributed by atoms with Crippen molar-refractivity contribution in [3.63, 3.8) is 0 Å². The van der Waals surface area contributed by atoms with Gasteiger partial charge in [0.1, 0.15) is 0 Å². The summed E-state index contributed by atoms with van der Waals surface area (Å²) >= 11 is 2.56. The molecule has 2 heteroatoms. The van der Waals surface area contributed by atoms with Crippen molar-refractivity contribution in [2.75, 3.05) is 7.05 Å². The lowest BCUT2D eigenvalue weighted by atomic mass is 10.1. The Morgan fingerprint density at radius 2 is 2.31 bits per heavy atom. The Morgan fingerprint density at radius 3 is 2.94 bits per heavy atom. The molecule has 3 atom stereocenters. The van der Waals surface area contributed by atoms with Crippen LogP contribution < -0.4 is 5.32 Å². The van der Waals surface area contributed by atoms with E-state index in [-0.39, 0.29) is 0 Å². The Morgan fingerprint density at radius 1 is 1.56 bits per heavy atom. The third-order valence-electron chi connectivity index (χ3n) is 3.34. The fraction of sp³-hybridized carbons (Fsp3) is 0.714. The van der Waals surface area contributed by atoms with Crippen LogP contribution in [0, 0.1) is 11.3 Å². The number of alkyl halides is 1. The largest absolute Gasteiger partial charge is 0.394 e. The van der Waals surface area contributed by atoms with Crippen molar-refractivity contribution in [1.82, 2.24) is 5.32 Å². The normalized spacial score (nSPS) is 31.1. The maximum atomic E-state index is 3.07. The van der Waals surface area contributed by atoms with E-state index in [0.717, 1.165) is 9.84 Å². The maximum absolute atomic E-state index is 3.07. The molecule has 0 bridgehead atoms. The Hall–Kier alpha value is 0.01000. The minimum absolute atomic E-state index is 0.422. The highest BCUT2D eigenvalue weighted by molar-refractivity contribution is 14.1. The van der Waals surface area contributed by atoms with E-state index in [1.165, 1.54) is 25.7 Å². The van der Waals surface area contributed by atoms with Gasteiger partial charge in [0.25, 0.3) is 0 Å². The van der Waals surface area contributed by atoms with Crippen molar-refractivity contribution >= 4 is 22.6 Å². The molecule has 2 unspecified atom stereocenters. The molecule has 1 N–H and O–H groups in total. The third-order valence-corrected chi connectivity index (χ3v) is 4.47. The molecule has 0 spiro atoms. The minimum atomic E-state index is 0.422. The molecule has 1 aliphatic rings. The van der Waals surface area contributed by atoms with Gasteiger partial charge in [0, 0.05) is 11.0 Å². The van der Waals surface area contributed by atoms with Gasteiger partial charge in [-0.15, -0.1) is 0 Å². The smallest absolute Gasteiger partial charge is 0.0144 e. The quantitative estimate of drug-likeness (QED) is 0.416. The summed E-state index contributed by atoms with van der Waals surface area (Å²) in [6.45, 7) is 4.60. The monoisotopic (exact) mass is 333 g/mol. The van der Waals surface area contributed by atoms with Gasteiger partial charge in [-0.05, 0) is 36.8 Å². The first-order valence-corrected chi connectivity index (χ1v) is 7.52. The molecule has 1 nitrogen and oxygen atoms in total. The van der Waals surface area contributed by atoms with Crippen LogP contribution in [0.5, 0.6) is 0 Å². The second-order valence-electron chi connectivity index (χ2n) is 4.99. The van der Waals surface area contributed by atoms with Crippen LogP contribution in [0.4, 0.5) is 0 Å². The number of hydrogen-bond donors (Lipinski definition) is 1. The molecule has 1 saturated carbocycles. The lowest BCUT2D eigenvalue weighted by molar-refractivity contribution is 0.688. The lowest BCUT2D eigenvalue weighted by Gasteiger charge is -2.04. The second kappa shape index (κ2) is 6.67. The standard InChI is InChI=1S/C14H24IN/c1-4-6-13(15)8-5-7-12-11-14(12,2)9-10-16-3/h5,7,9-10,12-13,16H,4,6,8,11H2,1-3H3/b7-5-,10-9+/t12?,13?,14-/m1/s1. The first-order valence-electron chi connectivity index (χ1n) is 6.28. The Bertz CT molecular complexity index is 259. The third kappa shape index (κ3) is 4.48. The topological polar surface area (TPSA) is 12.0 Å². The molecule has 92 valence electrons. The number of halogens is 1. The number of rotatable bonds is 7. The van der Waals surface area contributed by atoms with Gasteiger partial charge in [0.05, 0.1) is 0 Å². The van der Waals surface area contributed by atoms with Crippen LogP contribution in [0.3, 0.4) is 0 Å². The van der Waals surface area contributed by atoms with Crippen LogP contribution in [0.1, 0.15) is 39.5 Å². The Labute approximate surface area is 114 Å². The van der Waals surface area contributed by atoms with Crippen LogP contribution in [0.25, 0.3) is 0 Å². The van der Waals surface area contributed by atoms with Crippen LogP contribution >= 0.6 is 22.6 Å². The summed E-state index contributed by atoms with van der Waals surface area (Å²) in [5, 5.41) is 3.07. The van der Waals surface area contributed by atoms with Crippen LogP contribution in [-0.4, -0.2) is 11.0 Å². The van der Waals surface area contributed by atoms with Gasteiger partial charge in [0.2, 0.25) is 0 Å². The molecule has 0 saturated heterocycles. The summed E-state index contributed by atoms with van der Waals surface area (Å²) in [6, 6.07) is 0. The highest BCUT2D eigenvalue weighted by Crippen LogP contribution is 2.54. The van der Waals surface area contributed by atoms with Gasteiger partial charge in [-0.2, -0.15) is 0 Å². The fourth-order valence-electron chi connectivity index (χ4n) is 1.99. The van der Waals surface area contributed by atoms with Gasteiger partial charge in [-0.25, -0.2) is 0 Å². The van der Waals surface area contributed by atoms with Crippen molar-refractivity contribution in [3.8, 4) is 0 Å². The summed E-state index contributed by atoms with van der Waals surface area (Å²) in [5.41, 5.74) is 0.422. The molecule has 0 heterocycles. The summed E-state index contributed by atoms with van der Waals surface area (Å²) in [7, 11) is 1.96. The molecular formula is C14H24IN. The summed E-state index contributed by atoms with van der Waals surface area (Å²) in [6.07, 6.45) is 14.3. The van der Waals surface area contributed by atoms with Gasteiger partial charge in [-0.3, -0.25) is 0 Å². The van der Waals surface area contributed by atoms with Crippen LogP contribution in [0.15, 0.2) is 24.4 Å². The molecule has 1 aliphatic carbocycles. The van der Waals surface area contributed by atoms with Crippen molar-refractivity contribution in [2.24, 2.45) is 11.3 Å². The maximum Gasteiger partial charge on any atom is 0.0144 e. The number of allylic oxidation sites excluding steroid dienone is 3. The predicted molar refractivity (Wildman–Crippen MR) is 80.9 cm³/mol. The molecule has 0 amide bonds. The van der Waals surface area contributed by atoms with E-state index in [1.54, 1.807) is 0 Å². The summed E-state index contributed by atoms with van der Waals surface area (Å²) < 4.78 is 0.816. The molecular weight excluding hydrogens is 309 g/mol. The second-order valence-corrected chi connectivity index (χ2v) is 6.75. The van der Waals surface area contributed by atoms with Gasteiger partial charge < -0.3 is 5.32 Å². The molecule has 0 aliphatic heterocycles. The van der Waals surface area contributed by atoms with Gasteiger partial charge in [-0.1, -0.05) is 61.1 Å². The van der Waals surface area contributed by atoms with E-state index in [1.807, 2.05) is 7.05 Å². The van der Waals surface area contributed by atoms with E-state index in [9.17, 15) is 0 Å². The predicted octanol–water partition coefficient (Wildman–Crippen LogP) is 4.30. The average Bonchev–Trinajstić information content (AvgIpc) is 2.88. The minimum Gasteiger partial charge on any atom is -0.394 e. The van der Waals surface area contributed by atoms with Gasteiger partial charge >= 0.3 is 0 Å². The first-order chi connectivity index (χ1) is 7.62. The van der Waals surface area contributed by atoms with Crippen molar-refractivity contribution < 1.29 is 0 Å². The Balaban J connectivity index is 2.25. The van der Waals surface area contributed by atoms with E-state index in [0.29, 0.717) is 5.41 Å². The van der Waals surface area contributed by atoms with E-state index in [4.69, 9.17) is 0 Å². The number of hydrogen-bond acceptors (Lipinski definition) is 1. The summed E-state index contributed by atoms with van der Waals surface area (Å²) in [5.74, 6) is 0.766. The first kappa shape index (κ1) is 14.1. The highest BCUT2D eigenvalue weighted by atomic mass is 127. The summed E-state index contributed by atoms with van der Waals surface area (Å²) in [4.78, 5) is 0. The van der Waals surface area contributed by atoms with Crippen molar-refractivity contribution in [2.45, 2.75) is 43.5 Å². The van der Waals surface area contributed by atoms with E-state index in [2.05, 4.69) is 66.2 Å². The van der Waals surface area contributed by atoms with Crippen molar-refractivity contribution in [3.05, 3.63) is 24.4 Å². The zero-order chi connectivity index (χ0) is 12.0. The molecule has 0 aromatic carbocycles. The SMILES string of the molecule is CCCC(I)C/C=C\C1C[C@@]1(C)/C=C/NC. The molecule has 1 rings (SSSR count). The van der Waals surface area contributed by atoms with Crippen LogP contribution in [0.2, 0.25) is 0 Å². The van der Waals surface area contributed by atoms with E-state index >= 15 is 0 Å². The zero-order valence-electron chi connectivity index (χ0n) is 10.7. The van der Waals surface area contributed by atoms with Gasteiger partial charge in [0.15, 0.2) is 0 Å². The fourth-order valence-corrected chi connectivity index (χ4v) is 2.91. The Kier molecular flexibility index (Phi) is 5.87. The molecule has 0 aromatic rings. The average molecular weight is 333 g/mol. The lowest BCUT2D eigenvalue weighted by Crippen LogP contribution is -1.97. The molecule has 0 aromatic heterocycles. The van der Waals surface area contributed by atoms with E-state index < -0.39 is 0 Å². The highest BCUT2D eigenvalue weighted by Gasteiger charge is 2.45. The molecule has 0 radical (unpaired) electrons. The van der Waals surface area contributed by atoms with Crippen molar-refractivity contribution in [1.29, 1.82) is 0 Å². The zero-order valence-corrected chi connectivity index (χ0v) is 12.8. The van der Waals surface area contributed by atoms with Crippen LogP contribution in [-0.2, 0) is 0 Å².